The first-order valence-corrected chi connectivity index (χ1v) is 7.49. The van der Waals surface area contributed by atoms with Crippen molar-refractivity contribution in [3.8, 4) is 5.75 Å². The molecular formula is C16H12Cl2FNO2. The first-order valence-electron chi connectivity index (χ1n) is 6.73. The van der Waals surface area contributed by atoms with Crippen molar-refractivity contribution in [1.29, 1.82) is 0 Å². The molecule has 1 atom stereocenters. The minimum absolute atomic E-state index is 0.0625. The number of fused-ring (bicyclic) bond motifs is 1. The van der Waals surface area contributed by atoms with Gasteiger partial charge in [-0.15, -0.1) is 0 Å². The molecule has 0 radical (unpaired) electrons. The van der Waals surface area contributed by atoms with Gasteiger partial charge in [0, 0.05) is 12.0 Å². The second-order valence-electron chi connectivity index (χ2n) is 4.95. The molecule has 1 aliphatic rings. The molecule has 22 heavy (non-hydrogen) atoms. The molecular weight excluding hydrogens is 328 g/mol. The average molecular weight is 340 g/mol. The van der Waals surface area contributed by atoms with Crippen LogP contribution in [0.15, 0.2) is 36.4 Å². The summed E-state index contributed by atoms with van der Waals surface area (Å²) in [6.45, 7) is 0.505. The Morgan fingerprint density at radius 3 is 2.82 bits per heavy atom. The van der Waals surface area contributed by atoms with Crippen LogP contribution < -0.4 is 10.1 Å². The van der Waals surface area contributed by atoms with Gasteiger partial charge in [0.05, 0.1) is 28.3 Å². The smallest absolute Gasteiger partial charge is 0.253 e. The molecule has 3 nitrogen and oxygen atoms in total. The monoisotopic (exact) mass is 339 g/mol. The molecule has 0 spiro atoms. The Morgan fingerprint density at radius 2 is 2.00 bits per heavy atom. The zero-order chi connectivity index (χ0) is 15.7. The van der Waals surface area contributed by atoms with Crippen LogP contribution in [0.2, 0.25) is 10.0 Å². The van der Waals surface area contributed by atoms with Gasteiger partial charge in [0.15, 0.2) is 0 Å². The van der Waals surface area contributed by atoms with Crippen LogP contribution in [0.1, 0.15) is 28.4 Å². The molecule has 0 fully saturated rings. The maximum absolute atomic E-state index is 13.5. The number of rotatable bonds is 2. The fraction of sp³-hybridized carbons (Fsp3) is 0.188. The van der Waals surface area contributed by atoms with Gasteiger partial charge in [-0.3, -0.25) is 4.79 Å². The second-order valence-corrected chi connectivity index (χ2v) is 5.76. The normalized spacial score (nSPS) is 16.6. The maximum atomic E-state index is 13.5. The van der Waals surface area contributed by atoms with Gasteiger partial charge < -0.3 is 10.1 Å². The van der Waals surface area contributed by atoms with Crippen LogP contribution in [0.25, 0.3) is 0 Å². The van der Waals surface area contributed by atoms with Gasteiger partial charge in [-0.1, -0.05) is 41.4 Å². The standard InChI is InChI=1S/C16H12Cl2FNO2/c17-11-8-12(18)13(19)7-10(11)16(21)20-14-5-6-22-15-4-2-1-3-9(14)15/h1-4,7-8,14H,5-6H2,(H,20,21)/t14-/m0/s1. The lowest BCUT2D eigenvalue weighted by Crippen LogP contribution is -2.32. The number of hydrogen-bond donors (Lipinski definition) is 1. The zero-order valence-electron chi connectivity index (χ0n) is 11.4. The van der Waals surface area contributed by atoms with Gasteiger partial charge in [0.2, 0.25) is 0 Å². The van der Waals surface area contributed by atoms with E-state index < -0.39 is 11.7 Å². The van der Waals surface area contributed by atoms with Crippen molar-refractivity contribution in [2.75, 3.05) is 6.61 Å². The highest BCUT2D eigenvalue weighted by atomic mass is 35.5. The number of nitrogens with one attached hydrogen (secondary N) is 1. The number of halogens is 3. The largest absolute Gasteiger partial charge is 0.493 e. The fourth-order valence-electron chi connectivity index (χ4n) is 2.42. The van der Waals surface area contributed by atoms with Crippen molar-refractivity contribution in [3.05, 3.63) is 63.4 Å². The van der Waals surface area contributed by atoms with Crippen LogP contribution in [0.4, 0.5) is 4.39 Å². The Labute approximate surface area is 137 Å². The number of hydrogen-bond acceptors (Lipinski definition) is 2. The Bertz CT molecular complexity index is 736. The highest BCUT2D eigenvalue weighted by molar-refractivity contribution is 6.36. The van der Waals surface area contributed by atoms with Gasteiger partial charge in [0.1, 0.15) is 11.6 Å². The molecule has 6 heteroatoms. The summed E-state index contributed by atoms with van der Waals surface area (Å²) < 4.78 is 19.1. The first-order chi connectivity index (χ1) is 10.6. The van der Waals surface area contributed by atoms with E-state index in [9.17, 15) is 9.18 Å². The number of benzene rings is 2. The predicted octanol–water partition coefficient (Wildman–Crippen LogP) is 4.39. The number of carbonyl (C=O) groups excluding carboxylic acids is 1. The summed E-state index contributed by atoms with van der Waals surface area (Å²) in [5, 5.41) is 2.87. The number of carbonyl (C=O) groups is 1. The molecule has 1 heterocycles. The summed E-state index contributed by atoms with van der Waals surface area (Å²) in [5.41, 5.74) is 0.959. The van der Waals surface area contributed by atoms with Crippen LogP contribution in [-0.4, -0.2) is 12.5 Å². The summed E-state index contributed by atoms with van der Waals surface area (Å²) in [5.74, 6) is -0.377. The molecule has 2 aromatic rings. The molecule has 1 aliphatic heterocycles. The molecule has 3 rings (SSSR count). The molecule has 0 aliphatic carbocycles. The van der Waals surface area contributed by atoms with Crippen LogP contribution in [0, 0.1) is 5.82 Å². The third-order valence-electron chi connectivity index (χ3n) is 3.52. The van der Waals surface area contributed by atoms with Crippen LogP contribution in [-0.2, 0) is 0 Å². The third kappa shape index (κ3) is 2.89. The van der Waals surface area contributed by atoms with E-state index in [4.69, 9.17) is 27.9 Å². The molecule has 0 bridgehead atoms. The van der Waals surface area contributed by atoms with E-state index in [2.05, 4.69) is 5.32 Å². The summed E-state index contributed by atoms with van der Waals surface area (Å²) in [6.07, 6.45) is 0.635. The Hall–Kier alpha value is -1.78. The minimum Gasteiger partial charge on any atom is -0.493 e. The molecule has 1 N–H and O–H groups in total. The van der Waals surface area contributed by atoms with Crippen LogP contribution >= 0.6 is 23.2 Å². The van der Waals surface area contributed by atoms with Gasteiger partial charge in [-0.05, 0) is 18.2 Å². The summed E-state index contributed by atoms with van der Waals surface area (Å²) >= 11 is 11.6. The Morgan fingerprint density at radius 1 is 1.23 bits per heavy atom. The van der Waals surface area contributed by atoms with Crippen LogP contribution in [0.5, 0.6) is 5.75 Å². The summed E-state index contributed by atoms with van der Waals surface area (Å²) in [7, 11) is 0. The maximum Gasteiger partial charge on any atom is 0.253 e. The molecule has 1 amide bonds. The Balaban J connectivity index is 1.85. The molecule has 0 unspecified atom stereocenters. The zero-order valence-corrected chi connectivity index (χ0v) is 12.9. The molecule has 0 saturated heterocycles. The van der Waals surface area contributed by atoms with Gasteiger partial charge >= 0.3 is 0 Å². The number of para-hydroxylation sites is 1. The molecule has 2 aromatic carbocycles. The third-order valence-corrected chi connectivity index (χ3v) is 4.12. The van der Waals surface area contributed by atoms with E-state index in [0.717, 1.165) is 17.4 Å². The van der Waals surface area contributed by atoms with Crippen molar-refractivity contribution in [3.63, 3.8) is 0 Å². The van der Waals surface area contributed by atoms with Gasteiger partial charge in [-0.25, -0.2) is 4.39 Å². The van der Waals surface area contributed by atoms with E-state index in [1.54, 1.807) is 0 Å². The minimum atomic E-state index is -0.677. The van der Waals surface area contributed by atoms with Crippen molar-refractivity contribution in [1.82, 2.24) is 5.32 Å². The van der Waals surface area contributed by atoms with E-state index in [-0.39, 0.29) is 21.7 Å². The first kappa shape index (κ1) is 15.1. The van der Waals surface area contributed by atoms with Crippen LogP contribution in [0.3, 0.4) is 0 Å². The highest BCUT2D eigenvalue weighted by Crippen LogP contribution is 2.32. The van der Waals surface area contributed by atoms with E-state index in [0.29, 0.717) is 13.0 Å². The summed E-state index contributed by atoms with van der Waals surface area (Å²) in [6, 6.07) is 9.56. The summed E-state index contributed by atoms with van der Waals surface area (Å²) in [4.78, 5) is 12.4. The predicted molar refractivity (Wildman–Crippen MR) is 83.2 cm³/mol. The van der Waals surface area contributed by atoms with Crippen molar-refractivity contribution in [2.24, 2.45) is 0 Å². The van der Waals surface area contributed by atoms with E-state index in [1.807, 2.05) is 24.3 Å². The van der Waals surface area contributed by atoms with Crippen molar-refractivity contribution in [2.45, 2.75) is 12.5 Å². The lowest BCUT2D eigenvalue weighted by atomic mass is 10.00. The SMILES string of the molecule is O=C(N[C@H]1CCOc2ccccc21)c1cc(F)c(Cl)cc1Cl. The lowest BCUT2D eigenvalue weighted by molar-refractivity contribution is 0.0924. The van der Waals surface area contributed by atoms with Crippen molar-refractivity contribution < 1.29 is 13.9 Å². The van der Waals surface area contributed by atoms with E-state index in [1.165, 1.54) is 6.07 Å². The van der Waals surface area contributed by atoms with E-state index >= 15 is 0 Å². The molecule has 0 saturated carbocycles. The number of amides is 1. The lowest BCUT2D eigenvalue weighted by Gasteiger charge is -2.26. The Kier molecular flexibility index (Phi) is 4.23. The van der Waals surface area contributed by atoms with Gasteiger partial charge in [-0.2, -0.15) is 0 Å². The fourth-order valence-corrected chi connectivity index (χ4v) is 2.89. The molecule has 0 aromatic heterocycles. The second kappa shape index (κ2) is 6.15. The van der Waals surface area contributed by atoms with Gasteiger partial charge in [0.25, 0.3) is 5.91 Å². The topological polar surface area (TPSA) is 38.3 Å². The quantitative estimate of drug-likeness (QED) is 0.824. The molecule has 114 valence electrons. The average Bonchev–Trinajstić information content (AvgIpc) is 2.51. The highest BCUT2D eigenvalue weighted by Gasteiger charge is 2.24. The van der Waals surface area contributed by atoms with Crippen molar-refractivity contribution >= 4 is 29.1 Å². The number of ether oxygens (including phenoxy) is 1.